The molecule has 3 aromatic heterocycles. The number of hydrogen-bond acceptors (Lipinski definition) is 12. The van der Waals surface area contributed by atoms with Crippen LogP contribution in [-0.2, 0) is 42.3 Å². The van der Waals surface area contributed by atoms with Gasteiger partial charge in [0.2, 0.25) is 11.9 Å². The molecule has 58 heavy (non-hydrogen) atoms. The van der Waals surface area contributed by atoms with E-state index in [4.69, 9.17) is 43.9 Å². The highest BCUT2D eigenvalue weighted by molar-refractivity contribution is 5.83. The summed E-state index contributed by atoms with van der Waals surface area (Å²) in [6, 6.07) is 32.8. The van der Waals surface area contributed by atoms with Gasteiger partial charge < -0.3 is 38.2 Å². The summed E-state index contributed by atoms with van der Waals surface area (Å²) in [6.45, 7) is 5.62. The summed E-state index contributed by atoms with van der Waals surface area (Å²) in [7, 11) is 3.35. The normalized spacial score (nSPS) is 13.8. The van der Waals surface area contributed by atoms with E-state index >= 15 is 0 Å². The Morgan fingerprint density at radius 3 is 2.09 bits per heavy atom. The molecule has 294 valence electrons. The Morgan fingerprint density at radius 2 is 1.41 bits per heavy atom. The maximum absolute atomic E-state index is 6.02. The summed E-state index contributed by atoms with van der Waals surface area (Å²) < 4.78 is 24.6. The van der Waals surface area contributed by atoms with Crippen molar-refractivity contribution in [3.8, 4) is 22.8 Å². The van der Waals surface area contributed by atoms with Crippen LogP contribution in [0, 0.1) is 0 Å². The van der Waals surface area contributed by atoms with Crippen LogP contribution < -0.4 is 24.2 Å². The van der Waals surface area contributed by atoms with Gasteiger partial charge in [0.1, 0.15) is 24.0 Å². The van der Waals surface area contributed by atoms with Gasteiger partial charge in [0.05, 0.1) is 57.1 Å². The summed E-state index contributed by atoms with van der Waals surface area (Å²) in [5.41, 5.74) is 9.07. The largest absolute Gasteiger partial charge is 0.497 e. The summed E-state index contributed by atoms with van der Waals surface area (Å²) in [6.07, 6.45) is 6.40. The zero-order valence-corrected chi connectivity index (χ0v) is 32.7. The molecule has 0 aliphatic carbocycles. The van der Waals surface area contributed by atoms with Crippen molar-refractivity contribution in [1.29, 1.82) is 0 Å². The molecule has 2 aliphatic heterocycles. The first-order chi connectivity index (χ1) is 28.6. The van der Waals surface area contributed by atoms with E-state index in [1.807, 2.05) is 65.8 Å². The van der Waals surface area contributed by atoms with E-state index in [0.29, 0.717) is 51.5 Å². The van der Waals surface area contributed by atoms with Crippen molar-refractivity contribution in [2.75, 3.05) is 61.8 Å². The Balaban J connectivity index is 1.01. The van der Waals surface area contributed by atoms with E-state index in [1.165, 1.54) is 0 Å². The maximum Gasteiger partial charge on any atom is 0.228 e. The van der Waals surface area contributed by atoms with Gasteiger partial charge in [-0.25, -0.2) is 19.9 Å². The number of ether oxygens (including phenoxy) is 4. The van der Waals surface area contributed by atoms with Crippen LogP contribution in [0.3, 0.4) is 0 Å². The molecule has 2 aliphatic rings. The van der Waals surface area contributed by atoms with Gasteiger partial charge in [-0.15, -0.1) is 0 Å². The van der Waals surface area contributed by atoms with Crippen LogP contribution in [0.1, 0.15) is 22.3 Å². The topological polar surface area (TPSA) is 116 Å². The number of aromatic nitrogens is 6. The van der Waals surface area contributed by atoms with Gasteiger partial charge in [0, 0.05) is 61.9 Å². The Kier molecular flexibility index (Phi) is 10.8. The highest BCUT2D eigenvalue weighted by atomic mass is 16.5. The number of hydrogen-bond donors (Lipinski definition) is 0. The summed E-state index contributed by atoms with van der Waals surface area (Å²) in [5.74, 6) is 3.81. The molecule has 13 heteroatoms. The summed E-state index contributed by atoms with van der Waals surface area (Å²) >= 11 is 0. The lowest BCUT2D eigenvalue weighted by molar-refractivity contribution is 0.0664. The second-order valence-electron chi connectivity index (χ2n) is 14.3. The Hall–Kier alpha value is -6.57. The van der Waals surface area contributed by atoms with Gasteiger partial charge in [-0.2, -0.15) is 4.98 Å². The van der Waals surface area contributed by atoms with E-state index in [-0.39, 0.29) is 0 Å². The summed E-state index contributed by atoms with van der Waals surface area (Å²) in [5, 5.41) is 0. The number of fused-ring (bicyclic) bond motifs is 2. The Labute approximate surface area is 337 Å². The van der Waals surface area contributed by atoms with Crippen LogP contribution in [0.25, 0.3) is 22.3 Å². The molecule has 1 fully saturated rings. The smallest absolute Gasteiger partial charge is 0.228 e. The van der Waals surface area contributed by atoms with Gasteiger partial charge in [-0.1, -0.05) is 54.6 Å². The minimum absolute atomic E-state index is 0.415. The van der Waals surface area contributed by atoms with Crippen LogP contribution in [0.2, 0.25) is 0 Å². The molecule has 0 unspecified atom stereocenters. The lowest BCUT2D eigenvalue weighted by Gasteiger charge is -2.28. The zero-order chi connectivity index (χ0) is 39.3. The average Bonchev–Trinajstić information content (AvgIpc) is 3.91. The molecule has 0 saturated carbocycles. The fourth-order valence-electron chi connectivity index (χ4n) is 7.50. The molecule has 13 nitrogen and oxygen atoms in total. The van der Waals surface area contributed by atoms with Crippen molar-refractivity contribution < 1.29 is 18.9 Å². The van der Waals surface area contributed by atoms with Crippen LogP contribution in [0.15, 0.2) is 116 Å². The van der Waals surface area contributed by atoms with Gasteiger partial charge in [0.25, 0.3) is 0 Å². The first-order valence-corrected chi connectivity index (χ1v) is 19.5. The molecule has 4 aromatic carbocycles. The maximum atomic E-state index is 6.02. The molecule has 0 spiro atoms. The molecule has 9 rings (SSSR count). The van der Waals surface area contributed by atoms with Crippen molar-refractivity contribution in [2.45, 2.75) is 32.8 Å². The molecule has 0 radical (unpaired) electrons. The second-order valence-corrected chi connectivity index (χ2v) is 14.3. The third-order valence-electron chi connectivity index (χ3n) is 10.6. The van der Waals surface area contributed by atoms with Gasteiger partial charge >= 0.3 is 0 Å². The standard InChI is InChI=1S/C45H45N9O4/c1-55-37-13-8-32(9-14-37)27-52(28-33-10-15-38(56-2)16-11-33)44-46-25-35(26-47-44)42-39-18-19-54(43(39)50-45(49-42)51-20-22-57-23-21-51)36-12-17-41-40(24-36)48-30-53(41)31-58-29-34-6-4-3-5-7-34/h3-17,24-26,30H,18-23,27-29,31H2,1-2H3. The van der Waals surface area contributed by atoms with Crippen molar-refractivity contribution in [3.63, 3.8) is 0 Å². The molecule has 1 saturated heterocycles. The second kappa shape index (κ2) is 16.9. The highest BCUT2D eigenvalue weighted by Crippen LogP contribution is 2.40. The first kappa shape index (κ1) is 37.0. The minimum atomic E-state index is 0.415. The predicted octanol–water partition coefficient (Wildman–Crippen LogP) is 7.21. The highest BCUT2D eigenvalue weighted by Gasteiger charge is 2.30. The van der Waals surface area contributed by atoms with Gasteiger partial charge in [-0.05, 0) is 65.6 Å². The molecule has 0 N–H and O–H groups in total. The molecule has 5 heterocycles. The van der Waals surface area contributed by atoms with Crippen LogP contribution >= 0.6 is 0 Å². The Bertz CT molecular complexity index is 2410. The fourth-order valence-corrected chi connectivity index (χ4v) is 7.50. The monoisotopic (exact) mass is 775 g/mol. The van der Waals surface area contributed by atoms with E-state index in [2.05, 4.69) is 69.3 Å². The molecule has 7 aromatic rings. The lowest BCUT2D eigenvalue weighted by atomic mass is 10.1. The number of morpholine rings is 1. The number of methoxy groups -OCH3 is 2. The third-order valence-corrected chi connectivity index (χ3v) is 10.6. The molecular weight excluding hydrogens is 731 g/mol. The molecule has 0 atom stereocenters. The molecule has 0 bridgehead atoms. The predicted molar refractivity (Wildman–Crippen MR) is 224 cm³/mol. The summed E-state index contributed by atoms with van der Waals surface area (Å²) in [4.78, 5) is 31.7. The van der Waals surface area contributed by atoms with Crippen molar-refractivity contribution in [1.82, 2.24) is 29.5 Å². The van der Waals surface area contributed by atoms with Crippen molar-refractivity contribution >= 4 is 34.4 Å². The number of imidazole rings is 1. The third kappa shape index (κ3) is 7.99. The number of rotatable bonds is 14. The van der Waals surface area contributed by atoms with E-state index in [1.54, 1.807) is 14.2 Å². The number of benzene rings is 4. The van der Waals surface area contributed by atoms with Crippen molar-refractivity contribution in [2.24, 2.45) is 0 Å². The Morgan fingerprint density at radius 1 is 0.724 bits per heavy atom. The lowest BCUT2D eigenvalue weighted by Crippen LogP contribution is -2.37. The molecule has 0 amide bonds. The van der Waals surface area contributed by atoms with E-state index in [0.717, 1.165) is 93.6 Å². The van der Waals surface area contributed by atoms with Crippen LogP contribution in [0.5, 0.6) is 11.5 Å². The minimum Gasteiger partial charge on any atom is -0.497 e. The molecular formula is C45H45N9O4. The van der Waals surface area contributed by atoms with Crippen LogP contribution in [0.4, 0.5) is 23.4 Å². The average molecular weight is 776 g/mol. The van der Waals surface area contributed by atoms with E-state index in [9.17, 15) is 0 Å². The van der Waals surface area contributed by atoms with Gasteiger partial charge in [-0.3, -0.25) is 0 Å². The quantitative estimate of drug-likeness (QED) is 0.111. The zero-order valence-electron chi connectivity index (χ0n) is 32.7. The van der Waals surface area contributed by atoms with Crippen LogP contribution in [-0.4, -0.2) is 76.6 Å². The number of nitrogens with zero attached hydrogens (tertiary/aromatic N) is 9. The van der Waals surface area contributed by atoms with Crippen molar-refractivity contribution in [3.05, 3.63) is 138 Å². The van der Waals surface area contributed by atoms with E-state index < -0.39 is 0 Å². The number of anilines is 4. The first-order valence-electron chi connectivity index (χ1n) is 19.5. The fraction of sp³-hybridized carbons (Fsp3) is 0.267. The van der Waals surface area contributed by atoms with Gasteiger partial charge in [0.15, 0.2) is 0 Å². The SMILES string of the molecule is COc1ccc(CN(Cc2ccc(OC)cc2)c2ncc(-c3nc(N4CCOCC4)nc4c3CCN4c3ccc4c(c3)ncn4COCc3ccccc3)cn2)cc1.